The molecule has 0 amide bonds. The Labute approximate surface area is 218 Å². The van der Waals surface area contributed by atoms with Crippen LogP contribution in [0.25, 0.3) is 10.9 Å². The van der Waals surface area contributed by atoms with E-state index in [2.05, 4.69) is 32.0 Å². The summed E-state index contributed by atoms with van der Waals surface area (Å²) in [5.74, 6) is -2.79. The largest absolute Gasteiger partial charge is 0.462 e. The molecule has 2 aliphatic heterocycles. The molecule has 38 heavy (non-hydrogen) atoms. The minimum absolute atomic E-state index is 0.0603. The lowest BCUT2D eigenvalue weighted by Gasteiger charge is -2.35. The number of aliphatic imine (C=N–C) groups is 2. The second-order valence-electron chi connectivity index (χ2n) is 9.36. The number of carbonyl (C=O) groups is 1. The summed E-state index contributed by atoms with van der Waals surface area (Å²) < 4.78 is 52.0. The van der Waals surface area contributed by atoms with Crippen molar-refractivity contribution >= 4 is 40.4 Å². The Morgan fingerprint density at radius 2 is 1.84 bits per heavy atom. The lowest BCUT2D eigenvalue weighted by atomic mass is 10.2. The van der Waals surface area contributed by atoms with Gasteiger partial charge in [0.15, 0.2) is 17.4 Å². The number of amidine groups is 1. The number of nitrogens with one attached hydrogen (secondary N) is 1. The molecule has 1 N–H and O–H groups in total. The van der Waals surface area contributed by atoms with Gasteiger partial charge in [0.05, 0.1) is 5.52 Å². The van der Waals surface area contributed by atoms with Crippen molar-refractivity contribution in [2.24, 2.45) is 9.98 Å². The maximum absolute atomic E-state index is 15.3. The summed E-state index contributed by atoms with van der Waals surface area (Å²) in [6.07, 6.45) is -2.22. The monoisotopic (exact) mass is 526 g/mol. The number of hydrogen-bond acceptors (Lipinski definition) is 7. The first-order valence-electron chi connectivity index (χ1n) is 12.5. The number of fused-ring (bicyclic) bond motifs is 1. The van der Waals surface area contributed by atoms with Crippen molar-refractivity contribution in [3.63, 3.8) is 0 Å². The summed E-state index contributed by atoms with van der Waals surface area (Å²) in [6.45, 7) is 9.93. The first-order valence-corrected chi connectivity index (χ1v) is 12.5. The summed E-state index contributed by atoms with van der Waals surface area (Å²) in [5, 5.41) is 2.81. The number of hydrogen-bond donors (Lipinski definition) is 1. The number of rotatable bonds is 5. The van der Waals surface area contributed by atoms with Gasteiger partial charge in [-0.2, -0.15) is 0 Å². The van der Waals surface area contributed by atoms with Crippen LogP contribution >= 0.6 is 0 Å². The molecule has 0 saturated carbocycles. The highest BCUT2D eigenvalue weighted by molar-refractivity contribution is 6.04. The first kappa shape index (κ1) is 25.8. The number of likely N-dealkylation sites (N-methyl/N-ethyl adjacent to an activating group) is 1. The van der Waals surface area contributed by atoms with Crippen LogP contribution in [0.2, 0.25) is 0 Å². The quantitative estimate of drug-likeness (QED) is 0.525. The predicted molar refractivity (Wildman–Crippen MR) is 143 cm³/mol. The highest BCUT2D eigenvalue weighted by atomic mass is 19.1. The lowest BCUT2D eigenvalue weighted by molar-refractivity contribution is 0.0939. The molecule has 0 bridgehead atoms. The average Bonchev–Trinajstić information content (AvgIpc) is 3.28. The van der Waals surface area contributed by atoms with Crippen molar-refractivity contribution in [3.05, 3.63) is 53.7 Å². The topological polar surface area (TPSA) is 74.5 Å². The first-order chi connectivity index (χ1) is 18.3. The third-order valence-corrected chi connectivity index (χ3v) is 6.93. The molecule has 1 saturated heterocycles. The van der Waals surface area contributed by atoms with Gasteiger partial charge >= 0.3 is 0 Å². The van der Waals surface area contributed by atoms with Gasteiger partial charge in [-0.3, -0.25) is 9.36 Å². The Bertz CT molecular complexity index is 1410. The van der Waals surface area contributed by atoms with Crippen LogP contribution in [-0.4, -0.2) is 72.7 Å². The van der Waals surface area contributed by atoms with Gasteiger partial charge < -0.3 is 19.9 Å². The van der Waals surface area contributed by atoms with Crippen LogP contribution in [0.5, 0.6) is 5.75 Å². The van der Waals surface area contributed by atoms with Gasteiger partial charge in [0, 0.05) is 61.6 Å². The van der Waals surface area contributed by atoms with E-state index in [-0.39, 0.29) is 16.7 Å². The number of alkyl halides is 1. The molecule has 0 spiro atoms. The molecule has 5 rings (SSSR count). The molecule has 3 aromatic rings. The number of aryl methyl sites for hydroxylation is 1. The van der Waals surface area contributed by atoms with Crippen molar-refractivity contribution in [2.45, 2.75) is 33.2 Å². The molecule has 200 valence electrons. The minimum atomic E-state index is -1.86. The molecule has 0 radical (unpaired) electrons. The number of nitrogens with zero attached hydrogens (tertiary/aromatic N) is 5. The average molecular weight is 527 g/mol. The van der Waals surface area contributed by atoms with Crippen LogP contribution < -0.4 is 15.0 Å². The van der Waals surface area contributed by atoms with Crippen molar-refractivity contribution in [3.8, 4) is 5.75 Å². The standard InChI is InChI=1S/C27H29F3N6O2/c1-4-34-9-11-35(12-10-34)19-7-5-18(6-8-19)33-26-24(30)27(32-15-31-26)38-22-14-21(28)25-20(23(22)29)13-16(2)36(25)17(3)37/h5-8,13-15,24,27H,4,9-12H2,1-3H3,(H,31,32,33). The second kappa shape index (κ2) is 10.5. The molecular weight excluding hydrogens is 497 g/mol. The normalized spacial score (nSPS) is 20.1. The zero-order valence-corrected chi connectivity index (χ0v) is 21.4. The summed E-state index contributed by atoms with van der Waals surface area (Å²) in [6, 6.07) is 9.75. The van der Waals surface area contributed by atoms with E-state index < -0.39 is 35.7 Å². The van der Waals surface area contributed by atoms with Crippen LogP contribution in [0.3, 0.4) is 0 Å². The highest BCUT2D eigenvalue weighted by Gasteiger charge is 2.32. The summed E-state index contributed by atoms with van der Waals surface area (Å²) in [5.41, 5.74) is 1.88. The van der Waals surface area contributed by atoms with Crippen molar-refractivity contribution < 1.29 is 22.7 Å². The number of ether oxygens (including phenoxy) is 1. The highest BCUT2D eigenvalue weighted by Crippen LogP contribution is 2.33. The molecule has 8 nitrogen and oxygen atoms in total. The van der Waals surface area contributed by atoms with E-state index in [9.17, 15) is 9.18 Å². The second-order valence-corrected chi connectivity index (χ2v) is 9.36. The number of carbonyl (C=O) groups excluding carboxylic acids is 1. The molecule has 1 aromatic heterocycles. The number of benzene rings is 2. The van der Waals surface area contributed by atoms with Gasteiger partial charge in [0.1, 0.15) is 12.2 Å². The Hall–Kier alpha value is -3.86. The van der Waals surface area contributed by atoms with Crippen molar-refractivity contribution in [1.29, 1.82) is 0 Å². The van der Waals surface area contributed by atoms with Crippen LogP contribution in [0.15, 0.2) is 46.4 Å². The minimum Gasteiger partial charge on any atom is -0.462 e. The molecule has 2 aromatic carbocycles. The SMILES string of the molecule is CCN1CCN(c2ccc(NC3=NC=NC(Oc4cc(F)c5c(cc(C)n5C(C)=O)c4F)C3F)cc2)CC1. The summed E-state index contributed by atoms with van der Waals surface area (Å²) in [4.78, 5) is 24.5. The van der Waals surface area contributed by atoms with Crippen LogP contribution in [0, 0.1) is 18.6 Å². The molecule has 1 fully saturated rings. The number of anilines is 2. The molecular formula is C27H29F3N6O2. The van der Waals surface area contributed by atoms with Crippen LogP contribution in [0.4, 0.5) is 24.5 Å². The smallest absolute Gasteiger partial charge is 0.229 e. The predicted octanol–water partition coefficient (Wildman–Crippen LogP) is 4.63. The lowest BCUT2D eigenvalue weighted by Crippen LogP contribution is -2.46. The van der Waals surface area contributed by atoms with Crippen molar-refractivity contribution in [1.82, 2.24) is 9.47 Å². The zero-order valence-electron chi connectivity index (χ0n) is 21.4. The molecule has 3 heterocycles. The fourth-order valence-electron chi connectivity index (χ4n) is 4.90. The maximum Gasteiger partial charge on any atom is 0.229 e. The summed E-state index contributed by atoms with van der Waals surface area (Å²) in [7, 11) is 0. The Balaban J connectivity index is 1.28. The van der Waals surface area contributed by atoms with Crippen LogP contribution in [-0.2, 0) is 0 Å². The Morgan fingerprint density at radius 3 is 2.50 bits per heavy atom. The molecule has 2 unspecified atom stereocenters. The molecule has 11 heteroatoms. The van der Waals surface area contributed by atoms with E-state index in [0.29, 0.717) is 11.4 Å². The molecule has 2 aliphatic rings. The molecule has 0 aliphatic carbocycles. The number of halogens is 3. The fourth-order valence-corrected chi connectivity index (χ4v) is 4.90. The van der Waals surface area contributed by atoms with E-state index in [1.807, 2.05) is 24.3 Å². The van der Waals surface area contributed by atoms with Crippen molar-refractivity contribution in [2.75, 3.05) is 42.9 Å². The van der Waals surface area contributed by atoms with E-state index in [1.165, 1.54) is 13.0 Å². The van der Waals surface area contributed by atoms with E-state index in [1.54, 1.807) is 6.92 Å². The Morgan fingerprint density at radius 1 is 1.13 bits per heavy atom. The van der Waals surface area contributed by atoms with Gasteiger partial charge in [-0.1, -0.05) is 6.92 Å². The van der Waals surface area contributed by atoms with E-state index in [4.69, 9.17) is 4.74 Å². The van der Waals surface area contributed by atoms with Gasteiger partial charge in [-0.25, -0.2) is 23.2 Å². The van der Waals surface area contributed by atoms with E-state index >= 15 is 8.78 Å². The zero-order chi connectivity index (χ0) is 27.0. The number of aromatic nitrogens is 1. The summed E-state index contributed by atoms with van der Waals surface area (Å²) >= 11 is 0. The molecule has 2 atom stereocenters. The van der Waals surface area contributed by atoms with Gasteiger partial charge in [0.25, 0.3) is 0 Å². The maximum atomic E-state index is 15.3. The van der Waals surface area contributed by atoms with E-state index in [0.717, 1.165) is 55.4 Å². The fraction of sp³-hybridized carbons (Fsp3) is 0.370. The third-order valence-electron chi connectivity index (χ3n) is 6.93. The van der Waals surface area contributed by atoms with Crippen LogP contribution in [0.1, 0.15) is 24.3 Å². The number of piperazine rings is 1. The van der Waals surface area contributed by atoms with Gasteiger partial charge in [-0.05, 0) is 43.8 Å². The third kappa shape index (κ3) is 4.85. The Kier molecular flexibility index (Phi) is 7.11. The van der Waals surface area contributed by atoms with Gasteiger partial charge in [-0.15, -0.1) is 0 Å². The van der Waals surface area contributed by atoms with Gasteiger partial charge in [0.2, 0.25) is 18.3 Å².